The van der Waals surface area contributed by atoms with Crippen LogP contribution in [0.25, 0.3) is 0 Å². The highest BCUT2D eigenvalue weighted by Crippen LogP contribution is 2.41. The molecule has 0 spiro atoms. The van der Waals surface area contributed by atoms with Gasteiger partial charge in [0.2, 0.25) is 0 Å². The van der Waals surface area contributed by atoms with E-state index >= 15 is 0 Å². The van der Waals surface area contributed by atoms with Crippen LogP contribution in [0.5, 0.6) is 5.75 Å². The number of carbonyl (C=O) groups excluding carboxylic acids is 1. The van der Waals surface area contributed by atoms with Gasteiger partial charge in [-0.15, -0.1) is 0 Å². The van der Waals surface area contributed by atoms with E-state index in [0.717, 1.165) is 0 Å². The van der Waals surface area contributed by atoms with E-state index in [4.69, 9.17) is 4.74 Å². The molecule has 2 aromatic rings. The molecule has 2 N–H and O–H groups in total. The van der Waals surface area contributed by atoms with E-state index in [0.29, 0.717) is 16.9 Å². The molecule has 3 rings (SSSR count). The molecular weight excluding hydrogens is 328 g/mol. The molecule has 1 amide bonds. The number of aromatic nitrogens is 1. The molecule has 126 valence electrons. The molecule has 0 aliphatic carbocycles. The zero-order valence-corrected chi connectivity index (χ0v) is 14.2. The summed E-state index contributed by atoms with van der Waals surface area (Å²) in [6, 6.07) is 9.12. The van der Waals surface area contributed by atoms with E-state index in [1.54, 1.807) is 50.4 Å². The third-order valence-electron chi connectivity index (χ3n) is 4.23. The smallest absolute Gasteiger partial charge is 0.261 e. The SMILES string of the molecule is CC1(C)Oc2cc(C(=O)NS)ccc2C(n2ccccc2=O)C1O. The number of nitrogens with one attached hydrogen (secondary N) is 1. The maximum atomic E-state index is 12.2. The second-order valence-electron chi connectivity index (χ2n) is 6.23. The number of aliphatic hydroxyl groups is 1. The van der Waals surface area contributed by atoms with Crippen LogP contribution in [0, 0.1) is 0 Å². The number of fused-ring (bicyclic) bond motifs is 1. The van der Waals surface area contributed by atoms with Gasteiger partial charge >= 0.3 is 0 Å². The summed E-state index contributed by atoms with van der Waals surface area (Å²) in [6.45, 7) is 3.49. The number of carbonyl (C=O) groups is 1. The van der Waals surface area contributed by atoms with Gasteiger partial charge in [-0.1, -0.05) is 24.9 Å². The molecular formula is C17H18N2O4S. The fraction of sp³-hybridized carbons (Fsp3) is 0.294. The number of benzene rings is 1. The van der Waals surface area contributed by atoms with Crippen molar-refractivity contribution in [3.63, 3.8) is 0 Å². The van der Waals surface area contributed by atoms with Crippen LogP contribution in [0.3, 0.4) is 0 Å². The molecule has 1 aromatic heterocycles. The van der Waals surface area contributed by atoms with Gasteiger partial charge in [-0.2, -0.15) is 0 Å². The van der Waals surface area contributed by atoms with E-state index < -0.39 is 17.7 Å². The summed E-state index contributed by atoms with van der Waals surface area (Å²) in [5.41, 5.74) is -0.119. The lowest BCUT2D eigenvalue weighted by Crippen LogP contribution is -2.52. The lowest BCUT2D eigenvalue weighted by Gasteiger charge is -2.42. The first kappa shape index (κ1) is 16.6. The quantitative estimate of drug-likeness (QED) is 0.721. The van der Waals surface area contributed by atoms with Gasteiger partial charge in [-0.25, -0.2) is 0 Å². The Morgan fingerprint density at radius 1 is 1.33 bits per heavy atom. The zero-order chi connectivity index (χ0) is 17.5. The minimum atomic E-state index is -0.936. The molecule has 0 bridgehead atoms. The molecule has 1 aromatic carbocycles. The van der Waals surface area contributed by atoms with Crippen LogP contribution >= 0.6 is 12.8 Å². The summed E-state index contributed by atoms with van der Waals surface area (Å²) < 4.78 is 9.63. The number of hydrogen-bond acceptors (Lipinski definition) is 5. The van der Waals surface area contributed by atoms with Crippen LogP contribution in [-0.4, -0.2) is 27.3 Å². The van der Waals surface area contributed by atoms with Crippen molar-refractivity contribution in [2.75, 3.05) is 0 Å². The van der Waals surface area contributed by atoms with E-state index in [9.17, 15) is 14.7 Å². The number of hydrogen-bond donors (Lipinski definition) is 3. The maximum Gasteiger partial charge on any atom is 0.261 e. The predicted molar refractivity (Wildman–Crippen MR) is 92.4 cm³/mol. The Labute approximate surface area is 144 Å². The molecule has 1 aliphatic rings. The number of aliphatic hydroxyl groups excluding tert-OH is 1. The molecule has 0 saturated carbocycles. The number of nitrogens with zero attached hydrogens (tertiary/aromatic N) is 1. The van der Waals surface area contributed by atoms with Crippen molar-refractivity contribution >= 4 is 18.7 Å². The third-order valence-corrected chi connectivity index (χ3v) is 4.43. The first-order valence-electron chi connectivity index (χ1n) is 7.48. The molecule has 1 aliphatic heterocycles. The minimum absolute atomic E-state index is 0.220. The summed E-state index contributed by atoms with van der Waals surface area (Å²) in [7, 11) is 0. The first-order valence-corrected chi connectivity index (χ1v) is 7.92. The van der Waals surface area contributed by atoms with Gasteiger partial charge in [0.1, 0.15) is 17.5 Å². The number of ether oxygens (including phenoxy) is 1. The standard InChI is InChI=1S/C17H18N2O4S/c1-17(2)15(21)14(19-8-4-3-5-13(19)20)11-7-6-10(16(22)18-24)9-12(11)23-17/h3-9,14-15,21,24H,1-2H3,(H,18,22). The fourth-order valence-electron chi connectivity index (χ4n) is 2.94. The van der Waals surface area contributed by atoms with Crippen molar-refractivity contribution in [1.29, 1.82) is 0 Å². The highest BCUT2D eigenvalue weighted by Gasteiger charge is 2.44. The Bertz CT molecular complexity index is 846. The minimum Gasteiger partial charge on any atom is -0.485 e. The molecule has 0 radical (unpaired) electrons. The van der Waals surface area contributed by atoms with Crippen molar-refractivity contribution in [2.45, 2.75) is 31.6 Å². The third kappa shape index (κ3) is 2.70. The second kappa shape index (κ2) is 5.99. The van der Waals surface area contributed by atoms with Crippen molar-refractivity contribution in [3.8, 4) is 5.75 Å². The van der Waals surface area contributed by atoms with Crippen LogP contribution in [0.2, 0.25) is 0 Å². The van der Waals surface area contributed by atoms with Crippen molar-refractivity contribution in [1.82, 2.24) is 9.29 Å². The highest BCUT2D eigenvalue weighted by atomic mass is 32.1. The Hall–Kier alpha value is -2.25. The summed E-state index contributed by atoms with van der Waals surface area (Å²) in [4.78, 5) is 24.0. The Kier molecular flexibility index (Phi) is 4.15. The second-order valence-corrected chi connectivity index (χ2v) is 6.46. The van der Waals surface area contributed by atoms with E-state index in [1.165, 1.54) is 10.6 Å². The number of thiol groups is 1. The van der Waals surface area contributed by atoms with E-state index in [2.05, 4.69) is 17.5 Å². The maximum absolute atomic E-state index is 12.2. The van der Waals surface area contributed by atoms with Crippen LogP contribution in [0.1, 0.15) is 35.8 Å². The first-order chi connectivity index (χ1) is 11.3. The number of rotatable bonds is 2. The van der Waals surface area contributed by atoms with Crippen molar-refractivity contribution in [3.05, 3.63) is 64.1 Å². The van der Waals surface area contributed by atoms with Gasteiger partial charge in [0, 0.05) is 23.4 Å². The van der Waals surface area contributed by atoms with Gasteiger partial charge in [0.25, 0.3) is 11.5 Å². The predicted octanol–water partition coefficient (Wildman–Crippen LogP) is 1.54. The summed E-state index contributed by atoms with van der Waals surface area (Å²) in [5.74, 6) is 0.0996. The highest BCUT2D eigenvalue weighted by molar-refractivity contribution is 7.78. The van der Waals surface area contributed by atoms with Gasteiger partial charge in [-0.3, -0.25) is 14.3 Å². The Morgan fingerprint density at radius 3 is 2.75 bits per heavy atom. The molecule has 2 atom stereocenters. The fourth-order valence-corrected chi connectivity index (χ4v) is 3.07. The van der Waals surface area contributed by atoms with Crippen LogP contribution in [-0.2, 0) is 0 Å². The van der Waals surface area contributed by atoms with Crippen LogP contribution in [0.4, 0.5) is 0 Å². The summed E-state index contributed by atoms with van der Waals surface area (Å²) >= 11 is 3.76. The molecule has 0 fully saturated rings. The van der Waals surface area contributed by atoms with E-state index in [1.807, 2.05) is 0 Å². The number of amides is 1. The molecule has 0 saturated heterocycles. The Morgan fingerprint density at radius 2 is 2.08 bits per heavy atom. The van der Waals surface area contributed by atoms with Crippen molar-refractivity contribution < 1.29 is 14.6 Å². The topological polar surface area (TPSA) is 80.6 Å². The largest absolute Gasteiger partial charge is 0.485 e. The number of pyridine rings is 1. The molecule has 7 heteroatoms. The summed E-state index contributed by atoms with van der Waals surface area (Å²) in [6.07, 6.45) is 0.699. The van der Waals surface area contributed by atoms with E-state index in [-0.39, 0.29) is 11.5 Å². The monoisotopic (exact) mass is 346 g/mol. The van der Waals surface area contributed by atoms with Gasteiger partial charge in [0.15, 0.2) is 0 Å². The Balaban J connectivity index is 2.19. The molecule has 6 nitrogen and oxygen atoms in total. The van der Waals surface area contributed by atoms with Gasteiger partial charge < -0.3 is 14.4 Å². The molecule has 2 unspecified atom stereocenters. The normalized spacial score (nSPS) is 21.5. The lowest BCUT2D eigenvalue weighted by molar-refractivity contribution is -0.0643. The zero-order valence-electron chi connectivity index (χ0n) is 13.3. The average Bonchev–Trinajstić information content (AvgIpc) is 2.55. The van der Waals surface area contributed by atoms with Gasteiger partial charge in [0.05, 0.1) is 6.04 Å². The van der Waals surface area contributed by atoms with Crippen LogP contribution < -0.4 is 15.0 Å². The van der Waals surface area contributed by atoms with Crippen molar-refractivity contribution in [2.24, 2.45) is 0 Å². The molecule has 24 heavy (non-hydrogen) atoms. The average molecular weight is 346 g/mol. The summed E-state index contributed by atoms with van der Waals surface area (Å²) in [5, 5.41) is 10.8. The lowest BCUT2D eigenvalue weighted by atomic mass is 9.85. The molecule has 2 heterocycles. The van der Waals surface area contributed by atoms with Crippen LogP contribution in [0.15, 0.2) is 47.4 Å². The van der Waals surface area contributed by atoms with Gasteiger partial charge in [-0.05, 0) is 32.0 Å².